The van der Waals surface area contributed by atoms with Crippen LogP contribution in [0.2, 0.25) is 0 Å². The molecular weight excluding hydrogens is 280 g/mol. The normalized spacial score (nSPS) is 17.9. The number of hydrogen-bond donors (Lipinski definition) is 3. The lowest BCUT2D eigenvalue weighted by atomic mass is 10.1. The van der Waals surface area contributed by atoms with Crippen molar-refractivity contribution < 1.29 is 5.11 Å². The molecule has 0 fully saturated rings. The summed E-state index contributed by atoms with van der Waals surface area (Å²) in [6.45, 7) is 0. The van der Waals surface area contributed by atoms with E-state index in [-0.39, 0.29) is 17.5 Å². The highest BCUT2D eigenvalue weighted by Gasteiger charge is 2.26. The van der Waals surface area contributed by atoms with Gasteiger partial charge in [0.1, 0.15) is 5.56 Å². The number of nitrogens with zero attached hydrogens (tertiary/aromatic N) is 2. The van der Waals surface area contributed by atoms with Crippen LogP contribution < -0.4 is 16.7 Å². The highest BCUT2D eigenvalue weighted by molar-refractivity contribution is 7.10. The summed E-state index contributed by atoms with van der Waals surface area (Å²) in [6.07, 6.45) is 0.482. The van der Waals surface area contributed by atoms with Crippen LogP contribution in [0, 0.1) is 0 Å². The SMILES string of the molecule is Cn1c(O)c(C2=NN[C@H](c3cccs3)C2)c(=O)[nH]c1=O. The van der Waals surface area contributed by atoms with E-state index < -0.39 is 11.2 Å². The maximum Gasteiger partial charge on any atom is 0.330 e. The van der Waals surface area contributed by atoms with Crippen LogP contribution in [0.3, 0.4) is 0 Å². The lowest BCUT2D eigenvalue weighted by Gasteiger charge is -2.07. The Morgan fingerprint density at radius 2 is 2.30 bits per heavy atom. The van der Waals surface area contributed by atoms with Crippen molar-refractivity contribution in [2.24, 2.45) is 12.1 Å². The molecule has 20 heavy (non-hydrogen) atoms. The third-order valence-electron chi connectivity index (χ3n) is 3.22. The Kier molecular flexibility index (Phi) is 2.94. The Bertz CT molecular complexity index is 788. The average molecular weight is 292 g/mol. The summed E-state index contributed by atoms with van der Waals surface area (Å²) in [5.41, 5.74) is 2.14. The molecule has 0 saturated heterocycles. The number of hydrogen-bond acceptors (Lipinski definition) is 6. The van der Waals surface area contributed by atoms with E-state index in [0.29, 0.717) is 12.1 Å². The maximum atomic E-state index is 11.9. The summed E-state index contributed by atoms with van der Waals surface area (Å²) in [5.74, 6) is -0.369. The maximum absolute atomic E-state index is 11.9. The van der Waals surface area contributed by atoms with Gasteiger partial charge in [0.05, 0.1) is 11.8 Å². The lowest BCUT2D eigenvalue weighted by Crippen LogP contribution is -2.32. The van der Waals surface area contributed by atoms with Crippen LogP contribution in [0.25, 0.3) is 0 Å². The summed E-state index contributed by atoms with van der Waals surface area (Å²) < 4.78 is 0.984. The fourth-order valence-electron chi connectivity index (χ4n) is 2.12. The Morgan fingerprint density at radius 1 is 1.50 bits per heavy atom. The van der Waals surface area contributed by atoms with Gasteiger partial charge in [0, 0.05) is 18.3 Å². The van der Waals surface area contributed by atoms with Crippen LogP contribution in [0.4, 0.5) is 0 Å². The van der Waals surface area contributed by atoms with Crippen LogP contribution >= 0.6 is 11.3 Å². The number of nitrogens with one attached hydrogen (secondary N) is 2. The molecule has 3 heterocycles. The number of aromatic nitrogens is 2. The van der Waals surface area contributed by atoms with Gasteiger partial charge in [0.2, 0.25) is 5.88 Å². The van der Waals surface area contributed by atoms with Gasteiger partial charge >= 0.3 is 5.69 Å². The highest BCUT2D eigenvalue weighted by atomic mass is 32.1. The van der Waals surface area contributed by atoms with E-state index in [2.05, 4.69) is 15.5 Å². The van der Waals surface area contributed by atoms with Gasteiger partial charge < -0.3 is 10.5 Å². The van der Waals surface area contributed by atoms with Crippen LogP contribution in [-0.4, -0.2) is 20.4 Å². The zero-order valence-corrected chi connectivity index (χ0v) is 11.4. The number of rotatable bonds is 2. The van der Waals surface area contributed by atoms with E-state index in [4.69, 9.17) is 0 Å². The van der Waals surface area contributed by atoms with Gasteiger partial charge in [-0.15, -0.1) is 11.3 Å². The van der Waals surface area contributed by atoms with Crippen molar-refractivity contribution in [2.45, 2.75) is 12.5 Å². The monoisotopic (exact) mass is 292 g/mol. The average Bonchev–Trinajstić information content (AvgIpc) is 3.06. The largest absolute Gasteiger partial charge is 0.494 e. The van der Waals surface area contributed by atoms with Gasteiger partial charge in [-0.05, 0) is 11.4 Å². The van der Waals surface area contributed by atoms with Gasteiger partial charge in [-0.3, -0.25) is 14.3 Å². The van der Waals surface area contributed by atoms with E-state index >= 15 is 0 Å². The first-order chi connectivity index (χ1) is 9.58. The molecule has 0 aromatic carbocycles. The van der Waals surface area contributed by atoms with E-state index in [1.807, 2.05) is 17.5 Å². The molecule has 0 unspecified atom stereocenters. The minimum atomic E-state index is -0.655. The second-order valence-corrected chi connectivity index (χ2v) is 5.46. The molecule has 0 aliphatic carbocycles. The molecule has 2 aromatic heterocycles. The van der Waals surface area contributed by atoms with Gasteiger partial charge in [0.25, 0.3) is 5.56 Å². The summed E-state index contributed by atoms with van der Waals surface area (Å²) in [6, 6.07) is 3.91. The second kappa shape index (κ2) is 4.64. The van der Waals surface area contributed by atoms with Crippen molar-refractivity contribution in [2.75, 3.05) is 0 Å². The quantitative estimate of drug-likeness (QED) is 0.740. The molecule has 0 spiro atoms. The molecule has 0 bridgehead atoms. The Hall–Kier alpha value is -2.35. The Labute approximate surface area is 117 Å². The molecule has 1 aliphatic rings. The van der Waals surface area contributed by atoms with Crippen molar-refractivity contribution in [3.8, 4) is 5.88 Å². The first-order valence-electron chi connectivity index (χ1n) is 5.96. The lowest BCUT2D eigenvalue weighted by molar-refractivity contribution is 0.416. The molecule has 0 radical (unpaired) electrons. The fourth-order valence-corrected chi connectivity index (χ4v) is 2.89. The molecule has 0 saturated carbocycles. The predicted octanol–water partition coefficient (Wildman–Crippen LogP) is 0.279. The first-order valence-corrected chi connectivity index (χ1v) is 6.84. The topological polar surface area (TPSA) is 99.5 Å². The van der Waals surface area contributed by atoms with Gasteiger partial charge in [-0.2, -0.15) is 5.10 Å². The Morgan fingerprint density at radius 3 is 3.00 bits per heavy atom. The molecule has 3 N–H and O–H groups in total. The van der Waals surface area contributed by atoms with Crippen molar-refractivity contribution in [1.29, 1.82) is 0 Å². The van der Waals surface area contributed by atoms with Crippen molar-refractivity contribution in [3.05, 3.63) is 48.8 Å². The van der Waals surface area contributed by atoms with Crippen molar-refractivity contribution in [3.63, 3.8) is 0 Å². The second-order valence-electron chi connectivity index (χ2n) is 4.48. The minimum absolute atomic E-state index is 0.0129. The standard InChI is InChI=1S/C12H12N4O3S/c1-16-11(18)9(10(17)13-12(16)19)7-5-6(14-15-7)8-3-2-4-20-8/h2-4,6,14,18H,5H2,1H3,(H,13,17,19)/t6-/m0/s1. The molecule has 0 amide bonds. The molecule has 2 aromatic rings. The number of thiophene rings is 1. The number of hydrazone groups is 1. The zero-order valence-electron chi connectivity index (χ0n) is 10.6. The molecule has 104 valence electrons. The number of aromatic hydroxyl groups is 1. The smallest absolute Gasteiger partial charge is 0.330 e. The van der Waals surface area contributed by atoms with Crippen LogP contribution in [-0.2, 0) is 7.05 Å². The first kappa shape index (κ1) is 12.7. The van der Waals surface area contributed by atoms with Gasteiger partial charge in [-0.25, -0.2) is 4.79 Å². The van der Waals surface area contributed by atoms with E-state index in [1.165, 1.54) is 7.05 Å². The van der Waals surface area contributed by atoms with Gasteiger partial charge in [-0.1, -0.05) is 6.07 Å². The zero-order chi connectivity index (χ0) is 14.3. The molecule has 1 aliphatic heterocycles. The van der Waals surface area contributed by atoms with Crippen LogP contribution in [0.1, 0.15) is 22.9 Å². The minimum Gasteiger partial charge on any atom is -0.494 e. The summed E-state index contributed by atoms with van der Waals surface area (Å²) >= 11 is 1.59. The summed E-state index contributed by atoms with van der Waals surface area (Å²) in [7, 11) is 1.39. The molecular formula is C12H12N4O3S. The third-order valence-corrected chi connectivity index (χ3v) is 4.21. The van der Waals surface area contributed by atoms with Crippen LogP contribution in [0.5, 0.6) is 5.88 Å². The molecule has 3 rings (SSSR count). The number of H-pyrrole nitrogens is 1. The summed E-state index contributed by atoms with van der Waals surface area (Å²) in [4.78, 5) is 26.5. The van der Waals surface area contributed by atoms with E-state index in [9.17, 15) is 14.7 Å². The molecule has 8 heteroatoms. The number of aromatic amines is 1. The van der Waals surface area contributed by atoms with Crippen LogP contribution in [0.15, 0.2) is 32.2 Å². The van der Waals surface area contributed by atoms with E-state index in [1.54, 1.807) is 11.3 Å². The third kappa shape index (κ3) is 1.94. The predicted molar refractivity (Wildman–Crippen MR) is 75.3 cm³/mol. The highest BCUT2D eigenvalue weighted by Crippen LogP contribution is 2.28. The Balaban J connectivity index is 1.98. The van der Waals surface area contributed by atoms with Gasteiger partial charge in [0.15, 0.2) is 0 Å². The fraction of sp³-hybridized carbons (Fsp3) is 0.250. The van der Waals surface area contributed by atoms with Crippen molar-refractivity contribution in [1.82, 2.24) is 15.0 Å². The van der Waals surface area contributed by atoms with E-state index in [0.717, 1.165) is 9.44 Å². The molecule has 1 atom stereocenters. The van der Waals surface area contributed by atoms with Crippen molar-refractivity contribution >= 4 is 17.0 Å². The molecule has 7 nitrogen and oxygen atoms in total. The summed E-state index contributed by atoms with van der Waals surface area (Å²) in [5, 5.41) is 16.1.